The molecule has 4 atom stereocenters. The van der Waals surface area contributed by atoms with Crippen LogP contribution < -0.4 is 0 Å². The van der Waals surface area contributed by atoms with Gasteiger partial charge in [-0.05, 0) is 97.8 Å². The predicted octanol–water partition coefficient (Wildman–Crippen LogP) is 7.15. The molecule has 0 radical (unpaired) electrons. The number of aryl methyl sites for hydroxylation is 1. The number of phenolic OH excluding ortho intramolecular Hbond substituents is 1. The van der Waals surface area contributed by atoms with Crippen molar-refractivity contribution in [2.45, 2.75) is 90.4 Å². The molecule has 0 heterocycles. The van der Waals surface area contributed by atoms with Crippen molar-refractivity contribution in [3.05, 3.63) is 41.0 Å². The van der Waals surface area contributed by atoms with E-state index in [4.69, 9.17) is 0 Å². The first-order valence-electron chi connectivity index (χ1n) is 11.1. The highest BCUT2D eigenvalue weighted by Gasteiger charge is 2.52. The summed E-state index contributed by atoms with van der Waals surface area (Å²) in [7, 11) is 0. The van der Waals surface area contributed by atoms with Gasteiger partial charge in [0.1, 0.15) is 5.75 Å². The zero-order valence-electron chi connectivity index (χ0n) is 16.8. The van der Waals surface area contributed by atoms with Gasteiger partial charge in [-0.15, -0.1) is 0 Å². The number of benzene rings is 1. The number of phenols is 1. The van der Waals surface area contributed by atoms with Crippen LogP contribution in [0.15, 0.2) is 29.8 Å². The Morgan fingerprint density at radius 1 is 1.12 bits per heavy atom. The highest BCUT2D eigenvalue weighted by molar-refractivity contribution is 5.40. The minimum Gasteiger partial charge on any atom is -0.508 e. The monoisotopic (exact) mass is 352 g/mol. The number of allylic oxidation sites excluding steroid dienone is 2. The van der Waals surface area contributed by atoms with Crippen molar-refractivity contribution >= 4 is 0 Å². The van der Waals surface area contributed by atoms with Crippen LogP contribution in [0.1, 0.15) is 95.1 Å². The van der Waals surface area contributed by atoms with Gasteiger partial charge in [0.2, 0.25) is 0 Å². The van der Waals surface area contributed by atoms with Gasteiger partial charge >= 0.3 is 0 Å². The van der Waals surface area contributed by atoms with E-state index in [0.717, 1.165) is 24.2 Å². The molecular formula is C25H36O. The van der Waals surface area contributed by atoms with Crippen LogP contribution in [0.4, 0.5) is 0 Å². The first-order chi connectivity index (χ1) is 12.6. The lowest BCUT2D eigenvalue weighted by Gasteiger charge is -2.49. The zero-order chi connectivity index (χ0) is 18.1. The lowest BCUT2D eigenvalue weighted by molar-refractivity contribution is 0.0812. The Kier molecular flexibility index (Phi) is 5.17. The van der Waals surface area contributed by atoms with E-state index < -0.39 is 0 Å². The highest BCUT2D eigenvalue weighted by Crippen LogP contribution is 2.62. The van der Waals surface area contributed by atoms with Crippen molar-refractivity contribution in [1.29, 1.82) is 0 Å². The van der Waals surface area contributed by atoms with Gasteiger partial charge in [-0.2, -0.15) is 0 Å². The first-order valence-corrected chi connectivity index (χ1v) is 11.1. The summed E-state index contributed by atoms with van der Waals surface area (Å²) in [6.07, 6.45) is 17.4. The second-order valence-corrected chi connectivity index (χ2v) is 9.37. The molecule has 1 aromatic rings. The van der Waals surface area contributed by atoms with Gasteiger partial charge in [-0.25, -0.2) is 0 Å². The number of rotatable bonds is 5. The fraction of sp³-hybridized carbons (Fsp3) is 0.680. The highest BCUT2D eigenvalue weighted by atomic mass is 16.3. The van der Waals surface area contributed by atoms with Crippen molar-refractivity contribution in [3.8, 4) is 5.75 Å². The Morgan fingerprint density at radius 2 is 2.00 bits per heavy atom. The lowest BCUT2D eigenvalue weighted by Crippen LogP contribution is -2.40. The molecule has 0 bridgehead atoms. The number of unbranched alkanes of at least 4 members (excludes halogenated alkanes) is 4. The Labute approximate surface area is 159 Å². The molecule has 1 aromatic carbocycles. The second kappa shape index (κ2) is 7.41. The van der Waals surface area contributed by atoms with Crippen molar-refractivity contribution in [2.75, 3.05) is 0 Å². The van der Waals surface area contributed by atoms with E-state index in [0.29, 0.717) is 11.2 Å². The molecule has 0 aromatic heterocycles. The molecule has 0 amide bonds. The maximum Gasteiger partial charge on any atom is 0.115 e. The SMILES string of the molecule is CCCCCC/C=C1\CC[C@H]2[C@@H]3CCc4cc(O)ccc4[C@H]3CC[C@]12C. The summed E-state index contributed by atoms with van der Waals surface area (Å²) in [6.45, 7) is 4.88. The van der Waals surface area contributed by atoms with E-state index >= 15 is 0 Å². The van der Waals surface area contributed by atoms with Crippen LogP contribution in [-0.2, 0) is 6.42 Å². The summed E-state index contributed by atoms with van der Waals surface area (Å²) in [5, 5.41) is 9.84. The molecule has 1 N–H and O–H groups in total. The maximum atomic E-state index is 9.84. The molecule has 1 heteroatoms. The van der Waals surface area contributed by atoms with Crippen LogP contribution in [0.25, 0.3) is 0 Å². The number of fused-ring (bicyclic) bond motifs is 5. The minimum atomic E-state index is 0.442. The summed E-state index contributed by atoms with van der Waals surface area (Å²) < 4.78 is 0. The van der Waals surface area contributed by atoms with Crippen LogP contribution in [0.3, 0.4) is 0 Å². The molecule has 26 heavy (non-hydrogen) atoms. The van der Waals surface area contributed by atoms with Gasteiger partial charge in [-0.1, -0.05) is 50.8 Å². The number of aromatic hydroxyl groups is 1. The van der Waals surface area contributed by atoms with Crippen LogP contribution >= 0.6 is 0 Å². The van der Waals surface area contributed by atoms with E-state index in [1.54, 1.807) is 11.1 Å². The van der Waals surface area contributed by atoms with E-state index in [-0.39, 0.29) is 0 Å². The van der Waals surface area contributed by atoms with E-state index in [1.165, 1.54) is 69.8 Å². The molecule has 2 saturated carbocycles. The van der Waals surface area contributed by atoms with Gasteiger partial charge in [0.15, 0.2) is 0 Å². The minimum absolute atomic E-state index is 0.442. The van der Waals surface area contributed by atoms with Crippen molar-refractivity contribution in [1.82, 2.24) is 0 Å². The summed E-state index contributed by atoms with van der Waals surface area (Å²) in [5.74, 6) is 2.92. The van der Waals surface area contributed by atoms with Gasteiger partial charge < -0.3 is 5.11 Å². The van der Waals surface area contributed by atoms with E-state index in [1.807, 2.05) is 12.1 Å². The second-order valence-electron chi connectivity index (χ2n) is 9.37. The third kappa shape index (κ3) is 3.12. The Bertz CT molecular complexity index is 673. The number of hydrogen-bond acceptors (Lipinski definition) is 1. The Balaban J connectivity index is 1.50. The fourth-order valence-electron chi connectivity index (χ4n) is 6.60. The first kappa shape index (κ1) is 18.1. The van der Waals surface area contributed by atoms with E-state index in [2.05, 4.69) is 26.0 Å². The van der Waals surface area contributed by atoms with Gasteiger partial charge in [-0.3, -0.25) is 0 Å². The number of hydrogen-bond donors (Lipinski definition) is 1. The molecule has 2 fully saturated rings. The predicted molar refractivity (Wildman–Crippen MR) is 110 cm³/mol. The Hall–Kier alpha value is -1.24. The van der Waals surface area contributed by atoms with Gasteiger partial charge in [0.25, 0.3) is 0 Å². The van der Waals surface area contributed by atoms with E-state index in [9.17, 15) is 5.11 Å². The van der Waals surface area contributed by atoms with Crippen LogP contribution in [0.2, 0.25) is 0 Å². The average Bonchev–Trinajstić information content (AvgIpc) is 2.97. The molecule has 0 aliphatic heterocycles. The fourth-order valence-corrected chi connectivity index (χ4v) is 6.60. The third-order valence-corrected chi connectivity index (χ3v) is 8.01. The normalized spacial score (nSPS) is 34.4. The standard InChI is InChI=1S/C25H36O/c1-3-4-5-6-7-8-19-10-14-24-23-12-9-18-17-20(26)11-13-21(18)22(23)15-16-25(19,24)2/h8,11,13,17,22-24,26H,3-7,9-10,12,14-16H2,1-2H3/b19-8+/t22-,23-,24+,25-/m1/s1. The summed E-state index contributed by atoms with van der Waals surface area (Å²) in [4.78, 5) is 0. The smallest absolute Gasteiger partial charge is 0.115 e. The summed E-state index contributed by atoms with van der Waals surface area (Å²) in [6, 6.07) is 6.16. The van der Waals surface area contributed by atoms with Crippen LogP contribution in [-0.4, -0.2) is 5.11 Å². The quantitative estimate of drug-likeness (QED) is 0.441. The lowest BCUT2D eigenvalue weighted by atomic mass is 9.55. The van der Waals surface area contributed by atoms with Gasteiger partial charge in [0, 0.05) is 0 Å². The van der Waals surface area contributed by atoms with Crippen LogP contribution in [0.5, 0.6) is 5.75 Å². The molecule has 1 nitrogen and oxygen atoms in total. The zero-order valence-corrected chi connectivity index (χ0v) is 16.8. The molecular weight excluding hydrogens is 316 g/mol. The summed E-state index contributed by atoms with van der Waals surface area (Å²) >= 11 is 0. The molecule has 0 saturated heterocycles. The molecule has 0 unspecified atom stereocenters. The van der Waals surface area contributed by atoms with Gasteiger partial charge in [0.05, 0.1) is 0 Å². The third-order valence-electron chi connectivity index (χ3n) is 8.01. The molecule has 142 valence electrons. The summed E-state index contributed by atoms with van der Waals surface area (Å²) in [5.41, 5.74) is 5.24. The Morgan fingerprint density at radius 3 is 2.85 bits per heavy atom. The average molecular weight is 353 g/mol. The molecule has 4 rings (SSSR count). The topological polar surface area (TPSA) is 20.2 Å². The van der Waals surface area contributed by atoms with Crippen molar-refractivity contribution in [3.63, 3.8) is 0 Å². The van der Waals surface area contributed by atoms with Crippen molar-refractivity contribution < 1.29 is 5.11 Å². The largest absolute Gasteiger partial charge is 0.508 e. The maximum absolute atomic E-state index is 9.84. The van der Waals surface area contributed by atoms with Crippen LogP contribution in [0, 0.1) is 17.3 Å². The van der Waals surface area contributed by atoms with Crippen molar-refractivity contribution in [2.24, 2.45) is 17.3 Å². The molecule has 3 aliphatic carbocycles. The molecule has 3 aliphatic rings. The molecule has 0 spiro atoms.